The summed E-state index contributed by atoms with van der Waals surface area (Å²) in [5, 5.41) is 2.88. The van der Waals surface area contributed by atoms with Gasteiger partial charge in [0.25, 0.3) is 0 Å². The van der Waals surface area contributed by atoms with Gasteiger partial charge in [-0.15, -0.1) is 0 Å². The van der Waals surface area contributed by atoms with Crippen LogP contribution < -0.4 is 11.1 Å². The lowest BCUT2D eigenvalue weighted by atomic mass is 9.96. The Labute approximate surface area is 91.5 Å². The van der Waals surface area contributed by atoms with Gasteiger partial charge in [0.15, 0.2) is 0 Å². The predicted octanol–water partition coefficient (Wildman–Crippen LogP) is 0.657. The zero-order valence-electron chi connectivity index (χ0n) is 9.71. The standard InChI is InChI=1S/C11H22N2O2/c1-11(12,9-5-6-9)10(14)13-7-3-4-8-15-2/h9H,3-8,12H2,1-2H3,(H,13,14). The van der Waals surface area contributed by atoms with Crippen LogP contribution in [0.2, 0.25) is 0 Å². The Morgan fingerprint density at radius 2 is 2.20 bits per heavy atom. The first-order valence-electron chi connectivity index (χ1n) is 5.65. The number of amides is 1. The molecule has 0 aliphatic heterocycles. The second-order valence-electron chi connectivity index (χ2n) is 4.51. The average Bonchev–Trinajstić information content (AvgIpc) is 3.00. The van der Waals surface area contributed by atoms with Crippen LogP contribution in [0.5, 0.6) is 0 Å². The summed E-state index contributed by atoms with van der Waals surface area (Å²) in [5.41, 5.74) is 5.30. The van der Waals surface area contributed by atoms with Crippen LogP contribution in [-0.4, -0.2) is 31.7 Å². The number of ether oxygens (including phenoxy) is 1. The summed E-state index contributed by atoms with van der Waals surface area (Å²) in [4.78, 5) is 11.7. The molecule has 1 unspecified atom stereocenters. The molecule has 1 fully saturated rings. The van der Waals surface area contributed by atoms with Crippen molar-refractivity contribution in [2.45, 2.75) is 38.1 Å². The fourth-order valence-corrected chi connectivity index (χ4v) is 1.63. The van der Waals surface area contributed by atoms with Crippen LogP contribution >= 0.6 is 0 Å². The number of hydrogen-bond acceptors (Lipinski definition) is 3. The molecule has 0 aromatic rings. The Balaban J connectivity index is 2.12. The van der Waals surface area contributed by atoms with Crippen LogP contribution in [0.25, 0.3) is 0 Å². The van der Waals surface area contributed by atoms with E-state index in [1.165, 1.54) is 0 Å². The van der Waals surface area contributed by atoms with E-state index in [1.807, 2.05) is 6.92 Å². The van der Waals surface area contributed by atoms with Crippen LogP contribution in [0, 0.1) is 5.92 Å². The minimum atomic E-state index is -0.665. The molecule has 1 atom stereocenters. The predicted molar refractivity (Wildman–Crippen MR) is 59.4 cm³/mol. The van der Waals surface area contributed by atoms with Crippen LogP contribution in [0.15, 0.2) is 0 Å². The van der Waals surface area contributed by atoms with Gasteiger partial charge in [0, 0.05) is 20.3 Å². The number of unbranched alkanes of at least 4 members (excludes halogenated alkanes) is 1. The number of methoxy groups -OCH3 is 1. The van der Waals surface area contributed by atoms with E-state index >= 15 is 0 Å². The van der Waals surface area contributed by atoms with Crippen LogP contribution in [-0.2, 0) is 9.53 Å². The lowest BCUT2D eigenvalue weighted by Gasteiger charge is -2.23. The van der Waals surface area contributed by atoms with E-state index in [1.54, 1.807) is 7.11 Å². The molecule has 0 aromatic heterocycles. The average molecular weight is 214 g/mol. The number of hydrogen-bond donors (Lipinski definition) is 2. The third kappa shape index (κ3) is 3.80. The Morgan fingerprint density at radius 3 is 2.73 bits per heavy atom. The third-order valence-electron chi connectivity index (χ3n) is 2.98. The molecule has 1 aliphatic rings. The zero-order valence-corrected chi connectivity index (χ0v) is 9.71. The summed E-state index contributed by atoms with van der Waals surface area (Å²) in [5.74, 6) is 0.374. The SMILES string of the molecule is COCCCCNC(=O)C(C)(N)C1CC1. The van der Waals surface area contributed by atoms with Crippen molar-refractivity contribution >= 4 is 5.91 Å². The summed E-state index contributed by atoms with van der Waals surface area (Å²) in [6.07, 6.45) is 4.09. The highest BCUT2D eigenvalue weighted by molar-refractivity contribution is 5.86. The van der Waals surface area contributed by atoms with Gasteiger partial charge in [0.05, 0.1) is 5.54 Å². The van der Waals surface area contributed by atoms with Crippen LogP contribution in [0.1, 0.15) is 32.6 Å². The van der Waals surface area contributed by atoms with Gasteiger partial charge in [-0.25, -0.2) is 0 Å². The van der Waals surface area contributed by atoms with Gasteiger partial charge in [0.2, 0.25) is 5.91 Å². The molecule has 0 radical (unpaired) electrons. The monoisotopic (exact) mass is 214 g/mol. The van der Waals surface area contributed by atoms with E-state index in [2.05, 4.69) is 5.32 Å². The molecule has 0 bridgehead atoms. The van der Waals surface area contributed by atoms with Gasteiger partial charge >= 0.3 is 0 Å². The van der Waals surface area contributed by atoms with E-state index in [4.69, 9.17) is 10.5 Å². The van der Waals surface area contributed by atoms with E-state index in [-0.39, 0.29) is 5.91 Å². The maximum Gasteiger partial charge on any atom is 0.240 e. The number of nitrogens with two attached hydrogens (primary N) is 1. The van der Waals surface area contributed by atoms with Crippen molar-refractivity contribution in [1.29, 1.82) is 0 Å². The van der Waals surface area contributed by atoms with E-state index < -0.39 is 5.54 Å². The molecule has 0 aromatic carbocycles. The first-order valence-corrected chi connectivity index (χ1v) is 5.65. The third-order valence-corrected chi connectivity index (χ3v) is 2.98. The summed E-state index contributed by atoms with van der Waals surface area (Å²) < 4.78 is 4.93. The van der Waals surface area contributed by atoms with Crippen molar-refractivity contribution in [2.75, 3.05) is 20.3 Å². The van der Waals surface area contributed by atoms with Gasteiger partial charge in [-0.3, -0.25) is 4.79 Å². The maximum absolute atomic E-state index is 11.7. The molecule has 4 heteroatoms. The van der Waals surface area contributed by atoms with Gasteiger partial charge in [-0.2, -0.15) is 0 Å². The van der Waals surface area contributed by atoms with Crippen LogP contribution in [0.4, 0.5) is 0 Å². The van der Waals surface area contributed by atoms with Gasteiger partial charge in [-0.1, -0.05) is 0 Å². The van der Waals surface area contributed by atoms with Crippen LogP contribution in [0.3, 0.4) is 0 Å². The van der Waals surface area contributed by atoms with Crippen molar-refractivity contribution in [1.82, 2.24) is 5.32 Å². The highest BCUT2D eigenvalue weighted by atomic mass is 16.5. The van der Waals surface area contributed by atoms with E-state index in [0.29, 0.717) is 12.5 Å². The van der Waals surface area contributed by atoms with Gasteiger partial charge in [0.1, 0.15) is 0 Å². The van der Waals surface area contributed by atoms with Gasteiger partial charge < -0.3 is 15.8 Å². The summed E-state index contributed by atoms with van der Waals surface area (Å²) in [7, 11) is 1.68. The molecule has 0 heterocycles. The Morgan fingerprint density at radius 1 is 1.53 bits per heavy atom. The molecule has 3 N–H and O–H groups in total. The van der Waals surface area contributed by atoms with Crippen molar-refractivity contribution in [3.63, 3.8) is 0 Å². The maximum atomic E-state index is 11.7. The molecular formula is C11H22N2O2. The van der Waals surface area contributed by atoms with Crippen molar-refractivity contribution in [2.24, 2.45) is 11.7 Å². The Kier molecular flexibility index (Phi) is 4.54. The highest BCUT2D eigenvalue weighted by Crippen LogP contribution is 2.37. The zero-order chi connectivity index (χ0) is 11.3. The number of rotatable bonds is 7. The molecule has 0 saturated heterocycles. The first kappa shape index (κ1) is 12.5. The van der Waals surface area contributed by atoms with E-state index in [9.17, 15) is 4.79 Å². The Hall–Kier alpha value is -0.610. The number of carbonyl (C=O) groups excluding carboxylic acids is 1. The second-order valence-corrected chi connectivity index (χ2v) is 4.51. The lowest BCUT2D eigenvalue weighted by molar-refractivity contribution is -0.126. The minimum absolute atomic E-state index is 0.0117. The fourth-order valence-electron chi connectivity index (χ4n) is 1.63. The summed E-state index contributed by atoms with van der Waals surface area (Å²) in [6, 6.07) is 0. The molecule has 4 nitrogen and oxygen atoms in total. The Bertz CT molecular complexity index is 213. The van der Waals surface area contributed by atoms with Crippen molar-refractivity contribution in [3.8, 4) is 0 Å². The highest BCUT2D eigenvalue weighted by Gasteiger charge is 2.43. The van der Waals surface area contributed by atoms with Crippen molar-refractivity contribution in [3.05, 3.63) is 0 Å². The minimum Gasteiger partial charge on any atom is -0.385 e. The molecule has 15 heavy (non-hydrogen) atoms. The molecule has 88 valence electrons. The summed E-state index contributed by atoms with van der Waals surface area (Å²) in [6.45, 7) is 3.27. The van der Waals surface area contributed by atoms with Gasteiger partial charge in [-0.05, 0) is 38.5 Å². The normalized spacial score (nSPS) is 19.7. The first-order chi connectivity index (χ1) is 7.09. The molecule has 1 aliphatic carbocycles. The number of carbonyl (C=O) groups is 1. The largest absolute Gasteiger partial charge is 0.385 e. The number of nitrogens with one attached hydrogen (secondary N) is 1. The van der Waals surface area contributed by atoms with E-state index in [0.717, 1.165) is 32.3 Å². The molecular weight excluding hydrogens is 192 g/mol. The molecule has 1 saturated carbocycles. The smallest absolute Gasteiger partial charge is 0.240 e. The fraction of sp³-hybridized carbons (Fsp3) is 0.909. The lowest BCUT2D eigenvalue weighted by Crippen LogP contribution is -2.53. The van der Waals surface area contributed by atoms with Crippen molar-refractivity contribution < 1.29 is 9.53 Å². The molecule has 1 rings (SSSR count). The molecule has 1 amide bonds. The summed E-state index contributed by atoms with van der Waals surface area (Å²) >= 11 is 0. The quantitative estimate of drug-likeness (QED) is 0.612. The topological polar surface area (TPSA) is 64.3 Å². The molecule has 0 spiro atoms. The second kappa shape index (κ2) is 5.47.